The van der Waals surface area contributed by atoms with E-state index in [1.54, 1.807) is 0 Å². The summed E-state index contributed by atoms with van der Waals surface area (Å²) < 4.78 is 1.85. The van der Waals surface area contributed by atoms with Crippen LogP contribution < -0.4 is 5.32 Å². The van der Waals surface area contributed by atoms with Gasteiger partial charge in [-0.15, -0.1) is 0 Å². The van der Waals surface area contributed by atoms with Crippen molar-refractivity contribution in [2.45, 2.75) is 18.9 Å². The highest BCUT2D eigenvalue weighted by Crippen LogP contribution is 2.25. The highest BCUT2D eigenvalue weighted by molar-refractivity contribution is 5.81. The molecule has 0 saturated heterocycles. The lowest BCUT2D eigenvalue weighted by Crippen LogP contribution is -2.17. The summed E-state index contributed by atoms with van der Waals surface area (Å²) in [5.41, 5.74) is 3.62. The lowest BCUT2D eigenvalue weighted by molar-refractivity contribution is 0.552. The Labute approximate surface area is 124 Å². The third kappa shape index (κ3) is 2.95. The fourth-order valence-electron chi connectivity index (χ4n) is 2.78. The summed E-state index contributed by atoms with van der Waals surface area (Å²) in [6, 6.07) is 10.8. The molecule has 2 heterocycles. The van der Waals surface area contributed by atoms with Gasteiger partial charge in [0.25, 0.3) is 0 Å². The number of aryl methyl sites for hydroxylation is 2. The van der Waals surface area contributed by atoms with Crippen molar-refractivity contribution >= 4 is 10.9 Å². The Morgan fingerprint density at radius 1 is 1.24 bits per heavy atom. The van der Waals surface area contributed by atoms with Gasteiger partial charge in [-0.05, 0) is 37.1 Å². The topological polar surface area (TPSA) is 42.7 Å². The van der Waals surface area contributed by atoms with E-state index in [2.05, 4.69) is 45.9 Å². The minimum Gasteiger partial charge on any atom is -0.313 e. The molecule has 1 unspecified atom stereocenters. The third-order valence-corrected chi connectivity index (χ3v) is 3.87. The molecule has 0 fully saturated rings. The second kappa shape index (κ2) is 6.06. The number of fused-ring (bicyclic) bond motifs is 1. The van der Waals surface area contributed by atoms with Crippen molar-refractivity contribution in [1.29, 1.82) is 0 Å². The zero-order valence-corrected chi connectivity index (χ0v) is 12.5. The van der Waals surface area contributed by atoms with Gasteiger partial charge in [0.05, 0.1) is 11.7 Å². The molecule has 4 nitrogen and oxygen atoms in total. The molecule has 2 aromatic heterocycles. The Hall–Kier alpha value is -2.20. The third-order valence-electron chi connectivity index (χ3n) is 3.87. The molecule has 0 aliphatic heterocycles. The van der Waals surface area contributed by atoms with Crippen LogP contribution in [0, 0.1) is 0 Å². The van der Waals surface area contributed by atoms with Crippen molar-refractivity contribution in [2.24, 2.45) is 7.05 Å². The number of benzene rings is 1. The molecule has 3 rings (SSSR count). The van der Waals surface area contributed by atoms with Crippen molar-refractivity contribution in [3.8, 4) is 0 Å². The van der Waals surface area contributed by atoms with Gasteiger partial charge in [0.2, 0.25) is 0 Å². The molecule has 3 aromatic rings. The van der Waals surface area contributed by atoms with E-state index in [9.17, 15) is 0 Å². The fraction of sp³-hybridized carbons (Fsp3) is 0.294. The quantitative estimate of drug-likeness (QED) is 0.781. The van der Waals surface area contributed by atoms with E-state index >= 15 is 0 Å². The first-order valence-corrected chi connectivity index (χ1v) is 7.26. The van der Waals surface area contributed by atoms with Gasteiger partial charge in [-0.3, -0.25) is 9.67 Å². The molecular formula is C17H20N4. The number of rotatable bonds is 5. The highest BCUT2D eigenvalue weighted by Gasteiger charge is 2.13. The molecule has 0 saturated carbocycles. The molecule has 0 aliphatic carbocycles. The van der Waals surface area contributed by atoms with E-state index in [4.69, 9.17) is 0 Å². The molecule has 0 radical (unpaired) electrons. The van der Waals surface area contributed by atoms with Gasteiger partial charge in [0.15, 0.2) is 0 Å². The van der Waals surface area contributed by atoms with Crippen molar-refractivity contribution in [1.82, 2.24) is 20.1 Å². The van der Waals surface area contributed by atoms with Gasteiger partial charge >= 0.3 is 0 Å². The summed E-state index contributed by atoms with van der Waals surface area (Å²) in [5.74, 6) is 0. The second-order valence-electron chi connectivity index (χ2n) is 5.32. The van der Waals surface area contributed by atoms with Crippen LogP contribution in [0.1, 0.15) is 23.6 Å². The largest absolute Gasteiger partial charge is 0.313 e. The van der Waals surface area contributed by atoms with Crippen LogP contribution in [-0.2, 0) is 13.5 Å². The smallest absolute Gasteiger partial charge is 0.0749 e. The van der Waals surface area contributed by atoms with Gasteiger partial charge in [0, 0.05) is 30.9 Å². The number of hydrogen-bond acceptors (Lipinski definition) is 3. The maximum absolute atomic E-state index is 4.55. The van der Waals surface area contributed by atoms with Crippen LogP contribution >= 0.6 is 0 Å². The summed E-state index contributed by atoms with van der Waals surface area (Å²) in [6.07, 6.45) is 7.91. The Morgan fingerprint density at radius 3 is 2.86 bits per heavy atom. The molecular weight excluding hydrogens is 260 g/mol. The molecule has 0 aliphatic rings. The average molecular weight is 280 g/mol. The van der Waals surface area contributed by atoms with E-state index in [0.29, 0.717) is 6.04 Å². The minimum absolute atomic E-state index is 0.295. The summed E-state index contributed by atoms with van der Waals surface area (Å²) in [7, 11) is 3.96. The maximum atomic E-state index is 4.55. The normalized spacial score (nSPS) is 12.7. The number of nitrogens with one attached hydrogen (secondary N) is 1. The monoisotopic (exact) mass is 280 g/mol. The lowest BCUT2D eigenvalue weighted by Gasteiger charge is -2.17. The number of nitrogens with zero attached hydrogens (tertiary/aromatic N) is 3. The van der Waals surface area contributed by atoms with E-state index < -0.39 is 0 Å². The van der Waals surface area contributed by atoms with E-state index in [-0.39, 0.29) is 0 Å². The molecule has 0 amide bonds. The fourth-order valence-corrected chi connectivity index (χ4v) is 2.78. The van der Waals surface area contributed by atoms with Crippen LogP contribution in [0.4, 0.5) is 0 Å². The summed E-state index contributed by atoms with van der Waals surface area (Å²) >= 11 is 0. The van der Waals surface area contributed by atoms with E-state index in [1.807, 2.05) is 37.2 Å². The second-order valence-corrected chi connectivity index (χ2v) is 5.32. The molecule has 4 heteroatoms. The van der Waals surface area contributed by atoms with E-state index in [0.717, 1.165) is 18.4 Å². The molecule has 1 aromatic carbocycles. The molecule has 108 valence electrons. The van der Waals surface area contributed by atoms with Crippen molar-refractivity contribution < 1.29 is 0 Å². The van der Waals surface area contributed by atoms with Gasteiger partial charge in [0.1, 0.15) is 0 Å². The van der Waals surface area contributed by atoms with Gasteiger partial charge in [-0.1, -0.05) is 24.3 Å². The van der Waals surface area contributed by atoms with Crippen molar-refractivity contribution in [3.63, 3.8) is 0 Å². The summed E-state index contributed by atoms with van der Waals surface area (Å²) in [6.45, 7) is 0. The average Bonchev–Trinajstić information content (AvgIpc) is 2.93. The van der Waals surface area contributed by atoms with Crippen molar-refractivity contribution in [3.05, 3.63) is 60.0 Å². The van der Waals surface area contributed by atoms with Crippen LogP contribution in [0.3, 0.4) is 0 Å². The Balaban J connectivity index is 1.84. The lowest BCUT2D eigenvalue weighted by atomic mass is 9.98. The Bertz CT molecular complexity index is 727. The van der Waals surface area contributed by atoms with E-state index in [1.165, 1.54) is 16.5 Å². The SMILES string of the molecule is CNC(CCc1cnn(C)c1)c1cccc2cccnc12. The maximum Gasteiger partial charge on any atom is 0.0749 e. The summed E-state index contributed by atoms with van der Waals surface area (Å²) in [5, 5.41) is 8.84. The summed E-state index contributed by atoms with van der Waals surface area (Å²) in [4.78, 5) is 4.55. The molecule has 0 spiro atoms. The first-order valence-electron chi connectivity index (χ1n) is 7.26. The number of hydrogen-bond donors (Lipinski definition) is 1. The highest BCUT2D eigenvalue weighted by atomic mass is 15.2. The number of pyridine rings is 1. The predicted octanol–water partition coefficient (Wildman–Crippen LogP) is 2.86. The van der Waals surface area contributed by atoms with Crippen LogP contribution in [0.25, 0.3) is 10.9 Å². The van der Waals surface area contributed by atoms with Gasteiger partial charge in [-0.25, -0.2) is 0 Å². The first kappa shape index (κ1) is 13.8. The zero-order chi connectivity index (χ0) is 14.7. The molecule has 21 heavy (non-hydrogen) atoms. The molecule has 0 bridgehead atoms. The Kier molecular flexibility index (Phi) is 3.97. The van der Waals surface area contributed by atoms with Crippen molar-refractivity contribution in [2.75, 3.05) is 7.05 Å². The predicted molar refractivity (Wildman–Crippen MR) is 85.1 cm³/mol. The minimum atomic E-state index is 0.295. The number of aromatic nitrogens is 3. The van der Waals surface area contributed by atoms with Gasteiger partial charge in [-0.2, -0.15) is 5.10 Å². The van der Waals surface area contributed by atoms with Crippen LogP contribution in [0.2, 0.25) is 0 Å². The molecule has 1 atom stereocenters. The van der Waals surface area contributed by atoms with Crippen LogP contribution in [0.5, 0.6) is 0 Å². The standard InChI is InChI=1S/C17H20N4/c1-18-16(9-8-13-11-20-21(2)12-13)15-7-3-5-14-6-4-10-19-17(14)15/h3-7,10-12,16,18H,8-9H2,1-2H3. The first-order chi connectivity index (χ1) is 10.3. The molecule has 1 N–H and O–H groups in total. The van der Waals surface area contributed by atoms with Gasteiger partial charge < -0.3 is 5.32 Å². The van der Waals surface area contributed by atoms with Crippen LogP contribution in [-0.4, -0.2) is 21.8 Å². The number of para-hydroxylation sites is 1. The Morgan fingerprint density at radius 2 is 2.10 bits per heavy atom. The zero-order valence-electron chi connectivity index (χ0n) is 12.5. The van der Waals surface area contributed by atoms with Crippen LogP contribution in [0.15, 0.2) is 48.9 Å².